The van der Waals surface area contributed by atoms with Crippen molar-refractivity contribution >= 4 is 17.5 Å². The molecule has 0 saturated carbocycles. The Labute approximate surface area is 166 Å². The number of likely N-dealkylation sites (N-methyl/N-ethyl adjacent to an activating group) is 1. The Morgan fingerprint density at radius 2 is 1.89 bits per heavy atom. The average Bonchev–Trinajstić information content (AvgIpc) is 3.08. The first-order valence-electron chi connectivity index (χ1n) is 9.92. The van der Waals surface area contributed by atoms with Gasteiger partial charge in [-0.2, -0.15) is 0 Å². The lowest BCUT2D eigenvalue weighted by molar-refractivity contribution is 0.0945. The molecule has 0 unspecified atom stereocenters. The maximum Gasteiger partial charge on any atom is 0.291 e. The quantitative estimate of drug-likeness (QED) is 0.769. The molecule has 1 aliphatic rings. The van der Waals surface area contributed by atoms with Crippen molar-refractivity contribution in [3.05, 3.63) is 47.0 Å². The molecule has 0 radical (unpaired) electrons. The van der Waals surface area contributed by atoms with Gasteiger partial charge in [0.1, 0.15) is 5.69 Å². The first-order chi connectivity index (χ1) is 13.5. The van der Waals surface area contributed by atoms with Crippen LogP contribution in [0.5, 0.6) is 0 Å². The van der Waals surface area contributed by atoms with Gasteiger partial charge in [0.05, 0.1) is 5.69 Å². The van der Waals surface area contributed by atoms with Gasteiger partial charge in [0.25, 0.3) is 11.8 Å². The Hall–Kier alpha value is -2.67. The first-order valence-corrected chi connectivity index (χ1v) is 9.92. The summed E-state index contributed by atoms with van der Waals surface area (Å²) in [6, 6.07) is 7.79. The van der Waals surface area contributed by atoms with Crippen LogP contribution in [0.15, 0.2) is 24.3 Å². The summed E-state index contributed by atoms with van der Waals surface area (Å²) in [7, 11) is 3.92. The molecule has 1 aromatic heterocycles. The zero-order valence-corrected chi connectivity index (χ0v) is 16.9. The molecule has 150 valence electrons. The molecule has 7 nitrogen and oxygen atoms in total. The third-order valence-corrected chi connectivity index (χ3v) is 5.00. The third kappa shape index (κ3) is 4.59. The SMILES string of the molecule is CCc1ccc(NC(=O)c2nc(C(=O)NCCN(C)C)c3n2CCCC3)cc1. The molecule has 28 heavy (non-hydrogen) atoms. The number of amides is 2. The number of hydrogen-bond donors (Lipinski definition) is 2. The number of nitrogens with one attached hydrogen (secondary N) is 2. The van der Waals surface area contributed by atoms with E-state index in [0.717, 1.165) is 43.6 Å². The molecule has 2 aromatic rings. The molecule has 2 amide bonds. The van der Waals surface area contributed by atoms with E-state index >= 15 is 0 Å². The largest absolute Gasteiger partial charge is 0.349 e. The van der Waals surface area contributed by atoms with Crippen molar-refractivity contribution < 1.29 is 9.59 Å². The van der Waals surface area contributed by atoms with Gasteiger partial charge in [-0.15, -0.1) is 0 Å². The van der Waals surface area contributed by atoms with Crippen molar-refractivity contribution in [2.75, 3.05) is 32.5 Å². The summed E-state index contributed by atoms with van der Waals surface area (Å²) in [5.74, 6) is -0.175. The van der Waals surface area contributed by atoms with Crippen molar-refractivity contribution in [2.24, 2.45) is 0 Å². The summed E-state index contributed by atoms with van der Waals surface area (Å²) in [5, 5.41) is 5.82. The minimum Gasteiger partial charge on any atom is -0.349 e. The number of hydrogen-bond acceptors (Lipinski definition) is 4. The molecule has 2 heterocycles. The fourth-order valence-electron chi connectivity index (χ4n) is 3.39. The van der Waals surface area contributed by atoms with Crippen molar-refractivity contribution in [3.8, 4) is 0 Å². The number of aromatic nitrogens is 2. The molecule has 2 N–H and O–H groups in total. The van der Waals surface area contributed by atoms with Gasteiger partial charge < -0.3 is 20.1 Å². The minimum absolute atomic E-state index is 0.209. The lowest BCUT2D eigenvalue weighted by Crippen LogP contribution is -2.32. The van der Waals surface area contributed by atoms with E-state index in [-0.39, 0.29) is 11.8 Å². The topological polar surface area (TPSA) is 79.3 Å². The van der Waals surface area contributed by atoms with Crippen LogP contribution in [-0.2, 0) is 19.4 Å². The Bertz CT molecular complexity index is 839. The second kappa shape index (κ2) is 9.01. The Morgan fingerprint density at radius 3 is 2.57 bits per heavy atom. The molecule has 0 atom stereocenters. The van der Waals surface area contributed by atoms with Gasteiger partial charge in [-0.05, 0) is 57.5 Å². The zero-order valence-electron chi connectivity index (χ0n) is 16.9. The summed E-state index contributed by atoms with van der Waals surface area (Å²) < 4.78 is 1.90. The van der Waals surface area contributed by atoms with Gasteiger partial charge in [-0.3, -0.25) is 9.59 Å². The monoisotopic (exact) mass is 383 g/mol. The zero-order chi connectivity index (χ0) is 20.1. The maximum absolute atomic E-state index is 12.8. The summed E-state index contributed by atoms with van der Waals surface area (Å²) in [6.07, 6.45) is 3.70. The molecule has 0 spiro atoms. The van der Waals surface area contributed by atoms with E-state index in [9.17, 15) is 9.59 Å². The normalized spacial score (nSPS) is 13.3. The second-order valence-corrected chi connectivity index (χ2v) is 7.40. The third-order valence-electron chi connectivity index (χ3n) is 5.00. The maximum atomic E-state index is 12.8. The standard InChI is InChI=1S/C21H29N5O2/c1-4-15-8-10-16(11-9-15)23-21(28)19-24-18(17-7-5-6-13-26(17)19)20(27)22-12-14-25(2)3/h8-11H,4-7,12-14H2,1-3H3,(H,22,27)(H,23,28). The lowest BCUT2D eigenvalue weighted by atomic mass is 10.1. The van der Waals surface area contributed by atoms with Crippen LogP contribution >= 0.6 is 0 Å². The van der Waals surface area contributed by atoms with Gasteiger partial charge in [0.2, 0.25) is 0 Å². The fraction of sp³-hybridized carbons (Fsp3) is 0.476. The fourth-order valence-corrected chi connectivity index (χ4v) is 3.39. The molecule has 1 aliphatic heterocycles. The van der Waals surface area contributed by atoms with Crippen molar-refractivity contribution in [3.63, 3.8) is 0 Å². The number of benzene rings is 1. The van der Waals surface area contributed by atoms with E-state index in [1.54, 1.807) is 0 Å². The predicted octanol–water partition coefficient (Wildman–Crippen LogP) is 2.33. The van der Waals surface area contributed by atoms with Crippen LogP contribution in [0.1, 0.15) is 52.1 Å². The molecule has 7 heteroatoms. The number of aryl methyl sites for hydroxylation is 1. The molecular formula is C21H29N5O2. The van der Waals surface area contributed by atoms with Crippen LogP contribution in [-0.4, -0.2) is 53.5 Å². The van der Waals surface area contributed by atoms with Crippen LogP contribution in [0.25, 0.3) is 0 Å². The minimum atomic E-state index is -0.278. The molecule has 3 rings (SSSR count). The summed E-state index contributed by atoms with van der Waals surface area (Å²) in [5.41, 5.74) is 3.19. The van der Waals surface area contributed by atoms with Gasteiger partial charge in [-0.25, -0.2) is 4.98 Å². The molecular weight excluding hydrogens is 354 g/mol. The summed E-state index contributed by atoms with van der Waals surface area (Å²) in [4.78, 5) is 31.9. The summed E-state index contributed by atoms with van der Waals surface area (Å²) in [6.45, 7) is 4.10. The Balaban J connectivity index is 1.79. The van der Waals surface area contributed by atoms with Crippen LogP contribution < -0.4 is 10.6 Å². The van der Waals surface area contributed by atoms with Crippen molar-refractivity contribution in [2.45, 2.75) is 39.2 Å². The predicted molar refractivity (Wildman–Crippen MR) is 110 cm³/mol. The van der Waals surface area contributed by atoms with E-state index < -0.39 is 0 Å². The lowest BCUT2D eigenvalue weighted by Gasteiger charge is -2.17. The van der Waals surface area contributed by atoms with Gasteiger partial charge >= 0.3 is 0 Å². The Morgan fingerprint density at radius 1 is 1.14 bits per heavy atom. The van der Waals surface area contributed by atoms with Gasteiger partial charge in [0.15, 0.2) is 5.82 Å². The van der Waals surface area contributed by atoms with E-state index in [4.69, 9.17) is 0 Å². The molecule has 0 saturated heterocycles. The van der Waals surface area contributed by atoms with Crippen LogP contribution in [0.2, 0.25) is 0 Å². The van der Waals surface area contributed by atoms with E-state index in [2.05, 4.69) is 22.5 Å². The number of carbonyl (C=O) groups excluding carboxylic acids is 2. The number of anilines is 1. The smallest absolute Gasteiger partial charge is 0.291 e. The van der Waals surface area contributed by atoms with Crippen LogP contribution in [0.4, 0.5) is 5.69 Å². The highest BCUT2D eigenvalue weighted by Gasteiger charge is 2.27. The first kappa shape index (κ1) is 20.1. The van der Waals surface area contributed by atoms with Crippen molar-refractivity contribution in [1.82, 2.24) is 19.8 Å². The molecule has 0 fully saturated rings. The number of imidazole rings is 1. The molecule has 1 aromatic carbocycles. The van der Waals surface area contributed by atoms with Gasteiger partial charge in [0, 0.05) is 25.3 Å². The highest BCUT2D eigenvalue weighted by molar-refractivity contribution is 6.03. The number of rotatable bonds is 7. The number of nitrogens with zero attached hydrogens (tertiary/aromatic N) is 3. The van der Waals surface area contributed by atoms with E-state index in [1.807, 2.05) is 47.8 Å². The van der Waals surface area contributed by atoms with Crippen molar-refractivity contribution in [1.29, 1.82) is 0 Å². The average molecular weight is 383 g/mol. The number of carbonyl (C=O) groups is 2. The van der Waals surface area contributed by atoms with Crippen LogP contribution in [0.3, 0.4) is 0 Å². The molecule has 0 bridgehead atoms. The second-order valence-electron chi connectivity index (χ2n) is 7.40. The van der Waals surface area contributed by atoms with E-state index in [0.29, 0.717) is 24.6 Å². The van der Waals surface area contributed by atoms with E-state index in [1.165, 1.54) is 5.56 Å². The van der Waals surface area contributed by atoms with Gasteiger partial charge in [-0.1, -0.05) is 19.1 Å². The highest BCUT2D eigenvalue weighted by atomic mass is 16.2. The Kier molecular flexibility index (Phi) is 6.46. The number of fused-ring (bicyclic) bond motifs is 1. The highest BCUT2D eigenvalue weighted by Crippen LogP contribution is 2.22. The van der Waals surface area contributed by atoms with Crippen LogP contribution in [0, 0.1) is 0 Å². The summed E-state index contributed by atoms with van der Waals surface area (Å²) >= 11 is 0. The molecule has 0 aliphatic carbocycles.